The molecule has 1 aliphatic carbocycles. The standard InChI is InChI=1S/C19H28N6O/c1-15-17(13-22-23(15)2)14-24-10-6-19(7-11-24,25-9-3-8-21-25)18(26)20-12-16-4-5-16/h3,8-9,13,16H,4-7,10-12,14H2,1-2H3,(H,20,26). The van der Waals surface area contributed by atoms with Crippen molar-refractivity contribution in [1.29, 1.82) is 0 Å². The molecule has 0 radical (unpaired) electrons. The van der Waals surface area contributed by atoms with Crippen LogP contribution >= 0.6 is 0 Å². The van der Waals surface area contributed by atoms with Crippen molar-refractivity contribution in [2.75, 3.05) is 19.6 Å². The van der Waals surface area contributed by atoms with E-state index in [0.717, 1.165) is 39.0 Å². The molecule has 0 bridgehead atoms. The van der Waals surface area contributed by atoms with Crippen molar-refractivity contribution in [2.45, 2.75) is 44.7 Å². The first-order chi connectivity index (χ1) is 12.6. The van der Waals surface area contributed by atoms with Gasteiger partial charge >= 0.3 is 0 Å². The van der Waals surface area contributed by atoms with Crippen LogP contribution in [-0.4, -0.2) is 50.0 Å². The first-order valence-electron chi connectivity index (χ1n) is 9.57. The number of aryl methyl sites for hydroxylation is 1. The Hall–Kier alpha value is -2.15. The number of aromatic nitrogens is 4. The van der Waals surface area contributed by atoms with Crippen molar-refractivity contribution in [2.24, 2.45) is 13.0 Å². The molecule has 2 aromatic rings. The van der Waals surface area contributed by atoms with Crippen LogP contribution in [0.25, 0.3) is 0 Å². The summed E-state index contributed by atoms with van der Waals surface area (Å²) in [6.45, 7) is 5.56. The lowest BCUT2D eigenvalue weighted by molar-refractivity contribution is -0.133. The van der Waals surface area contributed by atoms with Gasteiger partial charge in [-0.1, -0.05) is 0 Å². The number of amides is 1. The molecule has 2 aliphatic rings. The molecule has 4 rings (SSSR count). The third-order valence-corrected chi connectivity index (χ3v) is 6.03. The monoisotopic (exact) mass is 356 g/mol. The highest BCUT2D eigenvalue weighted by Gasteiger charge is 2.44. The number of piperidine rings is 1. The second kappa shape index (κ2) is 6.87. The minimum Gasteiger partial charge on any atom is -0.354 e. The highest BCUT2D eigenvalue weighted by atomic mass is 16.2. The number of nitrogens with one attached hydrogen (secondary N) is 1. The summed E-state index contributed by atoms with van der Waals surface area (Å²) < 4.78 is 3.79. The number of carbonyl (C=O) groups is 1. The molecule has 0 spiro atoms. The number of rotatable bonds is 6. The largest absolute Gasteiger partial charge is 0.354 e. The van der Waals surface area contributed by atoms with Gasteiger partial charge in [0.05, 0.1) is 6.20 Å². The smallest absolute Gasteiger partial charge is 0.248 e. The Bertz CT molecular complexity index is 753. The van der Waals surface area contributed by atoms with E-state index in [-0.39, 0.29) is 5.91 Å². The van der Waals surface area contributed by atoms with Crippen LogP contribution in [0.1, 0.15) is 36.9 Å². The van der Waals surface area contributed by atoms with Crippen molar-refractivity contribution < 1.29 is 4.79 Å². The van der Waals surface area contributed by atoms with E-state index in [1.807, 2.05) is 34.9 Å². The topological polar surface area (TPSA) is 68.0 Å². The maximum absolute atomic E-state index is 13.1. The summed E-state index contributed by atoms with van der Waals surface area (Å²) >= 11 is 0. The zero-order chi connectivity index (χ0) is 18.1. The molecule has 0 atom stereocenters. The van der Waals surface area contributed by atoms with E-state index in [0.29, 0.717) is 5.92 Å². The average molecular weight is 356 g/mol. The predicted octanol–water partition coefficient (Wildman–Crippen LogP) is 1.44. The maximum atomic E-state index is 13.1. The molecule has 140 valence electrons. The number of hydrogen-bond acceptors (Lipinski definition) is 4. The number of likely N-dealkylation sites (tertiary alicyclic amines) is 1. The number of carbonyl (C=O) groups excluding carboxylic acids is 1. The zero-order valence-electron chi connectivity index (χ0n) is 15.7. The van der Waals surface area contributed by atoms with Gasteiger partial charge in [-0.15, -0.1) is 0 Å². The summed E-state index contributed by atoms with van der Waals surface area (Å²) in [5.41, 5.74) is 1.91. The van der Waals surface area contributed by atoms with Gasteiger partial charge in [0.2, 0.25) is 5.91 Å². The van der Waals surface area contributed by atoms with Crippen molar-refractivity contribution in [1.82, 2.24) is 29.8 Å². The highest BCUT2D eigenvalue weighted by Crippen LogP contribution is 2.32. The van der Waals surface area contributed by atoms with Crippen molar-refractivity contribution >= 4 is 5.91 Å². The van der Waals surface area contributed by atoms with Crippen LogP contribution in [0.4, 0.5) is 0 Å². The molecule has 1 saturated carbocycles. The molecule has 3 heterocycles. The van der Waals surface area contributed by atoms with Crippen molar-refractivity contribution in [3.63, 3.8) is 0 Å². The molecule has 7 nitrogen and oxygen atoms in total. The van der Waals surface area contributed by atoms with Crippen LogP contribution in [-0.2, 0) is 23.9 Å². The molecule has 1 amide bonds. The summed E-state index contributed by atoms with van der Waals surface area (Å²) in [5.74, 6) is 0.813. The summed E-state index contributed by atoms with van der Waals surface area (Å²) in [4.78, 5) is 15.5. The van der Waals surface area contributed by atoms with Gasteiger partial charge in [0.1, 0.15) is 5.54 Å². The minimum atomic E-state index is -0.557. The zero-order valence-corrected chi connectivity index (χ0v) is 15.7. The minimum absolute atomic E-state index is 0.130. The van der Waals surface area contributed by atoms with Crippen LogP contribution < -0.4 is 5.32 Å². The quantitative estimate of drug-likeness (QED) is 0.850. The lowest BCUT2D eigenvalue weighted by Crippen LogP contribution is -2.55. The molecule has 7 heteroatoms. The van der Waals surface area contributed by atoms with Gasteiger partial charge in [0.25, 0.3) is 0 Å². The molecule has 0 aromatic carbocycles. The molecule has 2 fully saturated rings. The Labute approximate surface area is 154 Å². The molecule has 2 aromatic heterocycles. The van der Waals surface area contributed by atoms with E-state index in [4.69, 9.17) is 0 Å². The van der Waals surface area contributed by atoms with Gasteiger partial charge in [0, 0.05) is 56.9 Å². The highest BCUT2D eigenvalue weighted by molar-refractivity contribution is 5.84. The van der Waals surface area contributed by atoms with E-state index in [9.17, 15) is 4.79 Å². The van der Waals surface area contributed by atoms with Crippen LogP contribution in [0.3, 0.4) is 0 Å². The maximum Gasteiger partial charge on any atom is 0.248 e. The number of hydrogen-bond donors (Lipinski definition) is 1. The van der Waals surface area contributed by atoms with Crippen LogP contribution in [0.2, 0.25) is 0 Å². The second-order valence-electron chi connectivity index (χ2n) is 7.79. The summed E-state index contributed by atoms with van der Waals surface area (Å²) in [7, 11) is 1.97. The fraction of sp³-hybridized carbons (Fsp3) is 0.632. The lowest BCUT2D eigenvalue weighted by Gasteiger charge is -2.40. The van der Waals surface area contributed by atoms with Gasteiger partial charge < -0.3 is 5.32 Å². The Kier molecular flexibility index (Phi) is 4.56. The molecular weight excluding hydrogens is 328 g/mol. The molecule has 1 aliphatic heterocycles. The van der Waals surface area contributed by atoms with Gasteiger partial charge in [0.15, 0.2) is 0 Å². The Morgan fingerprint density at radius 3 is 2.65 bits per heavy atom. The Morgan fingerprint density at radius 1 is 1.31 bits per heavy atom. The average Bonchev–Trinajstić information content (AvgIpc) is 3.22. The van der Waals surface area contributed by atoms with E-state index in [1.54, 1.807) is 6.20 Å². The first kappa shape index (κ1) is 17.3. The molecular formula is C19H28N6O. The summed E-state index contributed by atoms with van der Waals surface area (Å²) in [5, 5.41) is 12.0. The first-order valence-corrected chi connectivity index (χ1v) is 9.57. The lowest BCUT2D eigenvalue weighted by atomic mass is 9.86. The third-order valence-electron chi connectivity index (χ3n) is 6.03. The van der Waals surface area contributed by atoms with Gasteiger partial charge in [-0.3, -0.25) is 19.1 Å². The fourth-order valence-electron chi connectivity index (χ4n) is 3.83. The van der Waals surface area contributed by atoms with Crippen LogP contribution in [0, 0.1) is 12.8 Å². The van der Waals surface area contributed by atoms with E-state index >= 15 is 0 Å². The van der Waals surface area contributed by atoms with Crippen molar-refractivity contribution in [3.05, 3.63) is 35.9 Å². The predicted molar refractivity (Wildman–Crippen MR) is 98.4 cm³/mol. The van der Waals surface area contributed by atoms with E-state index in [2.05, 4.69) is 27.3 Å². The van der Waals surface area contributed by atoms with E-state index in [1.165, 1.54) is 24.1 Å². The Morgan fingerprint density at radius 2 is 2.08 bits per heavy atom. The normalized spacial score (nSPS) is 20.2. The molecule has 26 heavy (non-hydrogen) atoms. The molecule has 1 saturated heterocycles. The molecule has 1 N–H and O–H groups in total. The third kappa shape index (κ3) is 3.28. The van der Waals surface area contributed by atoms with Gasteiger partial charge in [-0.25, -0.2) is 0 Å². The Balaban J connectivity index is 1.45. The fourth-order valence-corrected chi connectivity index (χ4v) is 3.83. The SMILES string of the molecule is Cc1c(CN2CCC(C(=O)NCC3CC3)(n3cccn3)CC2)cnn1C. The van der Waals surface area contributed by atoms with Crippen molar-refractivity contribution in [3.8, 4) is 0 Å². The number of nitrogens with zero attached hydrogens (tertiary/aromatic N) is 5. The van der Waals surface area contributed by atoms with Gasteiger partial charge in [-0.05, 0) is 44.6 Å². The van der Waals surface area contributed by atoms with Crippen LogP contribution in [0.15, 0.2) is 24.7 Å². The van der Waals surface area contributed by atoms with Crippen LogP contribution in [0.5, 0.6) is 0 Å². The summed E-state index contributed by atoms with van der Waals surface area (Å²) in [6.07, 6.45) is 9.70. The summed E-state index contributed by atoms with van der Waals surface area (Å²) in [6, 6.07) is 1.90. The molecule has 0 unspecified atom stereocenters. The second-order valence-corrected chi connectivity index (χ2v) is 7.79. The van der Waals surface area contributed by atoms with E-state index < -0.39 is 5.54 Å². The van der Waals surface area contributed by atoms with Gasteiger partial charge in [-0.2, -0.15) is 10.2 Å².